The topological polar surface area (TPSA) is 27.7 Å². The van der Waals surface area contributed by atoms with E-state index < -0.39 is 0 Å². The summed E-state index contributed by atoms with van der Waals surface area (Å²) < 4.78 is 18.0. The minimum absolute atomic E-state index is 0.0799. The van der Waals surface area contributed by atoms with Gasteiger partial charge in [0.05, 0.1) is 18.5 Å². The van der Waals surface area contributed by atoms with E-state index in [0.29, 0.717) is 12.5 Å². The van der Waals surface area contributed by atoms with E-state index in [9.17, 15) is 0 Å². The second-order valence-corrected chi connectivity index (χ2v) is 8.43. The highest BCUT2D eigenvalue weighted by molar-refractivity contribution is 5.13. The van der Waals surface area contributed by atoms with Crippen molar-refractivity contribution in [3.05, 3.63) is 48.2 Å². The van der Waals surface area contributed by atoms with Gasteiger partial charge in [-0.15, -0.1) is 0 Å². The molecule has 2 rings (SSSR count). The Balaban J connectivity index is 1.96. The first-order chi connectivity index (χ1) is 12.4. The predicted octanol–water partition coefficient (Wildman–Crippen LogP) is 6.09. The summed E-state index contributed by atoms with van der Waals surface area (Å²) in [5, 5.41) is 0. The van der Waals surface area contributed by atoms with Gasteiger partial charge in [0, 0.05) is 18.9 Å². The molecule has 26 heavy (non-hydrogen) atoms. The van der Waals surface area contributed by atoms with Crippen LogP contribution in [-0.2, 0) is 20.8 Å². The maximum atomic E-state index is 6.35. The third-order valence-corrected chi connectivity index (χ3v) is 5.26. The molecule has 1 aliphatic carbocycles. The van der Waals surface area contributed by atoms with E-state index in [2.05, 4.69) is 51.6 Å². The Hall–Kier alpha value is -1.32. The first-order valence-electron chi connectivity index (χ1n) is 9.94. The SMILES string of the molecule is C=C(O[C@H](C[C@H]1CCCCC[C@@H]1OCc1ccccc1)OC)C(C)(C)C. The van der Waals surface area contributed by atoms with Crippen LogP contribution in [0.4, 0.5) is 0 Å². The van der Waals surface area contributed by atoms with Crippen molar-refractivity contribution in [3.63, 3.8) is 0 Å². The molecule has 1 aromatic carbocycles. The normalized spacial score (nSPS) is 22.5. The van der Waals surface area contributed by atoms with Crippen LogP contribution in [0.1, 0.15) is 64.9 Å². The van der Waals surface area contributed by atoms with Gasteiger partial charge in [-0.1, -0.05) is 76.9 Å². The Bertz CT molecular complexity index is 532. The average molecular weight is 361 g/mol. The lowest BCUT2D eigenvalue weighted by molar-refractivity contribution is -0.130. The van der Waals surface area contributed by atoms with E-state index >= 15 is 0 Å². The van der Waals surface area contributed by atoms with Crippen LogP contribution in [0, 0.1) is 11.3 Å². The molecule has 146 valence electrons. The Morgan fingerprint density at radius 1 is 1.12 bits per heavy atom. The largest absolute Gasteiger partial charge is 0.469 e. The molecule has 0 saturated heterocycles. The van der Waals surface area contributed by atoms with Gasteiger partial charge in [-0.05, 0) is 24.3 Å². The van der Waals surface area contributed by atoms with Crippen LogP contribution in [0.15, 0.2) is 42.7 Å². The lowest BCUT2D eigenvalue weighted by atomic mass is 9.92. The molecule has 1 saturated carbocycles. The predicted molar refractivity (Wildman–Crippen MR) is 107 cm³/mol. The molecule has 0 bridgehead atoms. The highest BCUT2D eigenvalue weighted by atomic mass is 16.7. The van der Waals surface area contributed by atoms with Crippen molar-refractivity contribution in [1.29, 1.82) is 0 Å². The number of benzene rings is 1. The molecule has 0 amide bonds. The average Bonchev–Trinajstić information content (AvgIpc) is 2.84. The van der Waals surface area contributed by atoms with Crippen molar-refractivity contribution < 1.29 is 14.2 Å². The molecule has 0 spiro atoms. The first kappa shape index (κ1) is 21.0. The summed E-state index contributed by atoms with van der Waals surface area (Å²) in [6.07, 6.45) is 6.93. The van der Waals surface area contributed by atoms with Gasteiger partial charge in [0.2, 0.25) is 0 Å². The Morgan fingerprint density at radius 3 is 2.46 bits per heavy atom. The quantitative estimate of drug-likeness (QED) is 0.319. The maximum absolute atomic E-state index is 6.35. The van der Waals surface area contributed by atoms with Crippen LogP contribution in [0.5, 0.6) is 0 Å². The zero-order chi connectivity index (χ0) is 19.0. The number of hydrogen-bond acceptors (Lipinski definition) is 3. The van der Waals surface area contributed by atoms with Crippen LogP contribution in [0.3, 0.4) is 0 Å². The van der Waals surface area contributed by atoms with Crippen molar-refractivity contribution in [2.75, 3.05) is 7.11 Å². The maximum Gasteiger partial charge on any atom is 0.199 e. The summed E-state index contributed by atoms with van der Waals surface area (Å²) in [6, 6.07) is 10.4. The summed E-state index contributed by atoms with van der Waals surface area (Å²) >= 11 is 0. The van der Waals surface area contributed by atoms with Crippen molar-refractivity contribution in [2.24, 2.45) is 11.3 Å². The summed E-state index contributed by atoms with van der Waals surface area (Å²) in [6.45, 7) is 11.1. The lowest BCUT2D eigenvalue weighted by Gasteiger charge is -2.31. The van der Waals surface area contributed by atoms with Gasteiger partial charge in [0.15, 0.2) is 6.29 Å². The van der Waals surface area contributed by atoms with E-state index in [0.717, 1.165) is 18.6 Å². The lowest BCUT2D eigenvalue weighted by Crippen LogP contribution is -2.30. The smallest absolute Gasteiger partial charge is 0.199 e. The molecule has 0 aromatic heterocycles. The highest BCUT2D eigenvalue weighted by Crippen LogP contribution is 2.33. The third kappa shape index (κ3) is 6.77. The van der Waals surface area contributed by atoms with Crippen LogP contribution in [0.2, 0.25) is 0 Å². The van der Waals surface area contributed by atoms with E-state index in [-0.39, 0.29) is 17.8 Å². The number of hydrogen-bond donors (Lipinski definition) is 0. The highest BCUT2D eigenvalue weighted by Gasteiger charge is 2.29. The van der Waals surface area contributed by atoms with Gasteiger partial charge in [-0.25, -0.2) is 0 Å². The number of ether oxygens (including phenoxy) is 3. The number of rotatable bonds is 8. The molecular weight excluding hydrogens is 324 g/mol. The molecule has 3 heteroatoms. The van der Waals surface area contributed by atoms with Crippen molar-refractivity contribution >= 4 is 0 Å². The molecule has 1 aliphatic rings. The molecular formula is C23H36O3. The molecule has 0 aliphatic heterocycles. The van der Waals surface area contributed by atoms with Crippen LogP contribution in [0.25, 0.3) is 0 Å². The van der Waals surface area contributed by atoms with Crippen molar-refractivity contribution in [1.82, 2.24) is 0 Å². The van der Waals surface area contributed by atoms with E-state index in [1.54, 1.807) is 7.11 Å². The zero-order valence-electron chi connectivity index (χ0n) is 17.0. The third-order valence-electron chi connectivity index (χ3n) is 5.26. The number of allylic oxidation sites excluding steroid dienone is 1. The van der Waals surface area contributed by atoms with E-state index in [1.807, 2.05) is 6.07 Å². The first-order valence-corrected chi connectivity index (χ1v) is 9.94. The van der Waals surface area contributed by atoms with E-state index in [4.69, 9.17) is 14.2 Å². The molecule has 1 fully saturated rings. The second-order valence-electron chi connectivity index (χ2n) is 8.43. The van der Waals surface area contributed by atoms with Gasteiger partial charge in [-0.2, -0.15) is 0 Å². The molecule has 0 unspecified atom stereocenters. The standard InChI is InChI=1S/C23H36O3/c1-18(23(2,3)4)26-22(24-5)16-20-14-10-7-11-15-21(20)25-17-19-12-8-6-9-13-19/h6,8-9,12-13,20-22H,1,7,10-11,14-17H2,2-5H3/t20-,21+,22-/m1/s1. The minimum Gasteiger partial charge on any atom is -0.469 e. The fourth-order valence-corrected chi connectivity index (χ4v) is 3.39. The zero-order valence-corrected chi connectivity index (χ0v) is 17.0. The van der Waals surface area contributed by atoms with Gasteiger partial charge in [0.1, 0.15) is 0 Å². The molecule has 0 heterocycles. The van der Waals surface area contributed by atoms with Crippen molar-refractivity contribution in [2.45, 2.75) is 78.3 Å². The summed E-state index contributed by atoms with van der Waals surface area (Å²) in [5.74, 6) is 1.23. The van der Waals surface area contributed by atoms with Gasteiger partial charge in [0.25, 0.3) is 0 Å². The molecule has 1 aromatic rings. The Morgan fingerprint density at radius 2 is 1.81 bits per heavy atom. The van der Waals surface area contributed by atoms with Gasteiger partial charge < -0.3 is 14.2 Å². The summed E-state index contributed by atoms with van der Waals surface area (Å²) in [4.78, 5) is 0. The van der Waals surface area contributed by atoms with Crippen LogP contribution in [-0.4, -0.2) is 19.5 Å². The monoisotopic (exact) mass is 360 g/mol. The Labute approximate surface area is 159 Å². The fourth-order valence-electron chi connectivity index (χ4n) is 3.39. The molecule has 0 N–H and O–H groups in total. The molecule has 3 atom stereocenters. The summed E-state index contributed by atoms with van der Waals surface area (Å²) in [7, 11) is 1.72. The number of methoxy groups -OCH3 is 1. The van der Waals surface area contributed by atoms with Crippen LogP contribution < -0.4 is 0 Å². The van der Waals surface area contributed by atoms with Gasteiger partial charge >= 0.3 is 0 Å². The van der Waals surface area contributed by atoms with Crippen LogP contribution >= 0.6 is 0 Å². The second kappa shape index (κ2) is 10.1. The van der Waals surface area contributed by atoms with Crippen molar-refractivity contribution in [3.8, 4) is 0 Å². The molecule has 0 radical (unpaired) electrons. The summed E-state index contributed by atoms with van der Waals surface area (Å²) in [5.41, 5.74) is 1.15. The fraction of sp³-hybridized carbons (Fsp3) is 0.652. The minimum atomic E-state index is -0.257. The van der Waals surface area contributed by atoms with Gasteiger partial charge in [-0.3, -0.25) is 0 Å². The molecule has 3 nitrogen and oxygen atoms in total. The Kier molecular flexibility index (Phi) is 8.17. The van der Waals surface area contributed by atoms with E-state index in [1.165, 1.54) is 31.2 Å².